The molecule has 104 valence electrons. The van der Waals surface area contributed by atoms with Crippen LogP contribution in [0.1, 0.15) is 13.3 Å². The topological polar surface area (TPSA) is 113 Å². The SMILES string of the molecule is CCCn1ccnc(NCC(=O)NCC(=O)O)c1=O. The van der Waals surface area contributed by atoms with Gasteiger partial charge in [-0.05, 0) is 6.42 Å². The Bertz CT molecular complexity index is 512. The predicted octanol–water partition coefficient (Wildman–Crippen LogP) is -0.734. The van der Waals surface area contributed by atoms with Gasteiger partial charge in [-0.2, -0.15) is 0 Å². The number of amides is 1. The van der Waals surface area contributed by atoms with E-state index in [2.05, 4.69) is 15.6 Å². The van der Waals surface area contributed by atoms with Gasteiger partial charge in [-0.15, -0.1) is 0 Å². The van der Waals surface area contributed by atoms with Crippen LogP contribution in [-0.2, 0) is 16.1 Å². The Labute approximate surface area is 109 Å². The van der Waals surface area contributed by atoms with Crippen molar-refractivity contribution in [1.82, 2.24) is 14.9 Å². The number of aryl methyl sites for hydroxylation is 1. The summed E-state index contributed by atoms with van der Waals surface area (Å²) in [6, 6.07) is 0. The molecule has 0 saturated heterocycles. The van der Waals surface area contributed by atoms with Crippen molar-refractivity contribution in [2.45, 2.75) is 19.9 Å². The molecule has 0 fully saturated rings. The lowest BCUT2D eigenvalue weighted by Gasteiger charge is -2.08. The molecule has 0 aliphatic carbocycles. The first kappa shape index (κ1) is 14.7. The molecule has 0 saturated carbocycles. The Morgan fingerprint density at radius 3 is 2.79 bits per heavy atom. The largest absolute Gasteiger partial charge is 0.480 e. The molecule has 0 aliphatic heterocycles. The second-order valence-corrected chi connectivity index (χ2v) is 3.80. The third-order valence-corrected chi connectivity index (χ3v) is 2.23. The van der Waals surface area contributed by atoms with E-state index in [1.807, 2.05) is 6.92 Å². The van der Waals surface area contributed by atoms with Crippen LogP contribution in [0.15, 0.2) is 17.2 Å². The lowest BCUT2D eigenvalue weighted by molar-refractivity contribution is -0.137. The first-order chi connectivity index (χ1) is 9.04. The smallest absolute Gasteiger partial charge is 0.322 e. The fourth-order valence-electron chi connectivity index (χ4n) is 1.39. The first-order valence-electron chi connectivity index (χ1n) is 5.82. The van der Waals surface area contributed by atoms with Gasteiger partial charge >= 0.3 is 5.97 Å². The van der Waals surface area contributed by atoms with Gasteiger partial charge in [-0.3, -0.25) is 14.4 Å². The van der Waals surface area contributed by atoms with Crippen LogP contribution in [0.25, 0.3) is 0 Å². The number of rotatable bonds is 7. The summed E-state index contributed by atoms with van der Waals surface area (Å²) in [6.07, 6.45) is 3.85. The van der Waals surface area contributed by atoms with E-state index in [-0.39, 0.29) is 17.9 Å². The van der Waals surface area contributed by atoms with Gasteiger partial charge < -0.3 is 20.3 Å². The van der Waals surface area contributed by atoms with Crippen LogP contribution >= 0.6 is 0 Å². The Kier molecular flexibility index (Phi) is 5.52. The molecule has 1 heterocycles. The van der Waals surface area contributed by atoms with Gasteiger partial charge in [-0.1, -0.05) is 6.92 Å². The number of hydrogen-bond acceptors (Lipinski definition) is 5. The van der Waals surface area contributed by atoms with Gasteiger partial charge in [0.15, 0.2) is 5.82 Å². The summed E-state index contributed by atoms with van der Waals surface area (Å²) in [7, 11) is 0. The third-order valence-electron chi connectivity index (χ3n) is 2.23. The highest BCUT2D eigenvalue weighted by Crippen LogP contribution is 1.93. The number of nitrogens with one attached hydrogen (secondary N) is 2. The number of aromatic nitrogens is 2. The first-order valence-corrected chi connectivity index (χ1v) is 5.82. The van der Waals surface area contributed by atoms with Crippen molar-refractivity contribution in [3.8, 4) is 0 Å². The van der Waals surface area contributed by atoms with Gasteiger partial charge in [0, 0.05) is 18.9 Å². The fraction of sp³-hybridized carbons (Fsp3) is 0.455. The van der Waals surface area contributed by atoms with E-state index in [4.69, 9.17) is 5.11 Å². The summed E-state index contributed by atoms with van der Waals surface area (Å²) in [5.74, 6) is -1.58. The predicted molar refractivity (Wildman–Crippen MR) is 67.9 cm³/mol. The van der Waals surface area contributed by atoms with Crippen LogP contribution in [0.2, 0.25) is 0 Å². The van der Waals surface area contributed by atoms with Crippen LogP contribution in [0.3, 0.4) is 0 Å². The maximum absolute atomic E-state index is 11.8. The monoisotopic (exact) mass is 268 g/mol. The van der Waals surface area contributed by atoms with Gasteiger partial charge in [0.05, 0.1) is 6.54 Å². The van der Waals surface area contributed by atoms with E-state index in [0.29, 0.717) is 6.54 Å². The molecule has 1 amide bonds. The van der Waals surface area contributed by atoms with E-state index >= 15 is 0 Å². The molecule has 19 heavy (non-hydrogen) atoms. The Hall–Kier alpha value is -2.38. The zero-order chi connectivity index (χ0) is 14.3. The molecule has 0 atom stereocenters. The quantitative estimate of drug-likeness (QED) is 0.600. The zero-order valence-corrected chi connectivity index (χ0v) is 10.5. The number of hydrogen-bond donors (Lipinski definition) is 3. The van der Waals surface area contributed by atoms with Crippen molar-refractivity contribution in [2.75, 3.05) is 18.4 Å². The molecular formula is C11H16N4O4. The maximum Gasteiger partial charge on any atom is 0.322 e. The van der Waals surface area contributed by atoms with E-state index < -0.39 is 18.4 Å². The average molecular weight is 268 g/mol. The van der Waals surface area contributed by atoms with Gasteiger partial charge in [0.1, 0.15) is 6.54 Å². The molecule has 3 N–H and O–H groups in total. The van der Waals surface area contributed by atoms with E-state index in [0.717, 1.165) is 6.42 Å². The van der Waals surface area contributed by atoms with Crippen molar-refractivity contribution in [2.24, 2.45) is 0 Å². The normalized spacial score (nSPS) is 9.95. The van der Waals surface area contributed by atoms with Gasteiger partial charge in [-0.25, -0.2) is 4.98 Å². The second kappa shape index (κ2) is 7.14. The summed E-state index contributed by atoms with van der Waals surface area (Å²) < 4.78 is 1.49. The molecule has 0 radical (unpaired) electrons. The molecular weight excluding hydrogens is 252 g/mol. The minimum atomic E-state index is -1.13. The van der Waals surface area contributed by atoms with Crippen molar-refractivity contribution >= 4 is 17.7 Å². The molecule has 8 nitrogen and oxygen atoms in total. The Morgan fingerprint density at radius 2 is 2.16 bits per heavy atom. The number of nitrogens with zero attached hydrogens (tertiary/aromatic N) is 2. The maximum atomic E-state index is 11.8. The van der Waals surface area contributed by atoms with Crippen LogP contribution < -0.4 is 16.2 Å². The summed E-state index contributed by atoms with van der Waals surface area (Å²) in [5, 5.41) is 13.1. The van der Waals surface area contributed by atoms with Crippen LogP contribution in [0, 0.1) is 0 Å². The van der Waals surface area contributed by atoms with Crippen molar-refractivity contribution in [1.29, 1.82) is 0 Å². The Morgan fingerprint density at radius 1 is 1.42 bits per heavy atom. The highest BCUT2D eigenvalue weighted by molar-refractivity contribution is 5.84. The van der Waals surface area contributed by atoms with Crippen molar-refractivity contribution < 1.29 is 14.7 Å². The summed E-state index contributed by atoms with van der Waals surface area (Å²) >= 11 is 0. The number of carboxylic acids is 1. The highest BCUT2D eigenvalue weighted by atomic mass is 16.4. The van der Waals surface area contributed by atoms with Crippen molar-refractivity contribution in [3.05, 3.63) is 22.7 Å². The summed E-state index contributed by atoms with van der Waals surface area (Å²) in [6.45, 7) is 1.86. The molecule has 1 aromatic heterocycles. The van der Waals surface area contributed by atoms with Gasteiger partial charge in [0.2, 0.25) is 5.91 Å². The fourth-order valence-corrected chi connectivity index (χ4v) is 1.39. The number of carbonyl (C=O) groups is 2. The molecule has 1 rings (SSSR count). The molecule has 8 heteroatoms. The third kappa shape index (κ3) is 4.78. The average Bonchev–Trinajstić information content (AvgIpc) is 2.37. The lowest BCUT2D eigenvalue weighted by Crippen LogP contribution is -2.35. The minimum Gasteiger partial charge on any atom is -0.480 e. The van der Waals surface area contributed by atoms with Crippen LogP contribution in [0.5, 0.6) is 0 Å². The van der Waals surface area contributed by atoms with Crippen LogP contribution in [0.4, 0.5) is 5.82 Å². The molecule has 0 bridgehead atoms. The van der Waals surface area contributed by atoms with Crippen molar-refractivity contribution in [3.63, 3.8) is 0 Å². The standard InChI is InChI=1S/C11H16N4O4/c1-2-4-15-5-3-12-10(11(15)19)14-6-8(16)13-7-9(17)18/h3,5H,2,4,6-7H2,1H3,(H,12,14)(H,13,16)(H,17,18). The molecule has 0 unspecified atom stereocenters. The second-order valence-electron chi connectivity index (χ2n) is 3.80. The van der Waals surface area contributed by atoms with E-state index in [1.165, 1.54) is 10.8 Å². The number of aliphatic carboxylic acids is 1. The molecule has 0 aromatic carbocycles. The number of anilines is 1. The van der Waals surface area contributed by atoms with Gasteiger partial charge in [0.25, 0.3) is 5.56 Å². The zero-order valence-electron chi connectivity index (χ0n) is 10.5. The van der Waals surface area contributed by atoms with Crippen LogP contribution in [-0.4, -0.2) is 39.6 Å². The molecule has 0 spiro atoms. The molecule has 0 aliphatic rings. The molecule has 1 aromatic rings. The summed E-state index contributed by atoms with van der Waals surface area (Å²) in [5.41, 5.74) is -0.310. The van der Waals surface area contributed by atoms with E-state index in [9.17, 15) is 14.4 Å². The number of carbonyl (C=O) groups excluding carboxylic acids is 1. The highest BCUT2D eigenvalue weighted by Gasteiger charge is 2.07. The summed E-state index contributed by atoms with van der Waals surface area (Å²) in [4.78, 5) is 37.2. The minimum absolute atomic E-state index is 0.0708. The number of carboxylic acid groups (broad SMARTS) is 1. The Balaban J connectivity index is 2.58. The van der Waals surface area contributed by atoms with E-state index in [1.54, 1.807) is 6.20 Å². The lowest BCUT2D eigenvalue weighted by atomic mass is 10.4.